The number of aliphatic hydroxyl groups is 1. The normalized spacial score (nSPS) is 20.9. The van der Waals surface area contributed by atoms with Crippen molar-refractivity contribution in [3.8, 4) is 11.4 Å². The first-order valence-corrected chi connectivity index (χ1v) is 11.2. The van der Waals surface area contributed by atoms with Crippen LogP contribution >= 0.6 is 0 Å². The second-order valence-electron chi connectivity index (χ2n) is 8.79. The summed E-state index contributed by atoms with van der Waals surface area (Å²) < 4.78 is 6.89. The molecule has 2 N–H and O–H groups in total. The van der Waals surface area contributed by atoms with Gasteiger partial charge in [-0.15, -0.1) is 0 Å². The number of hydrogen-bond acceptors (Lipinski definition) is 5. The number of hydrogen-bond donors (Lipinski definition) is 2. The number of esters is 1. The van der Waals surface area contributed by atoms with E-state index < -0.39 is 11.6 Å². The summed E-state index contributed by atoms with van der Waals surface area (Å²) in [6.45, 7) is 4.02. The molecule has 6 rings (SSSR count). The Kier molecular flexibility index (Phi) is 3.99. The van der Waals surface area contributed by atoms with Crippen LogP contribution in [-0.4, -0.2) is 26.8 Å². The summed E-state index contributed by atoms with van der Waals surface area (Å²) in [6.07, 6.45) is 5.05. The van der Waals surface area contributed by atoms with E-state index in [2.05, 4.69) is 11.1 Å². The molecule has 2 aliphatic heterocycles. The Morgan fingerprint density at radius 1 is 1.22 bits per heavy atom. The molecule has 0 saturated carbocycles. The largest absolute Gasteiger partial charge is 0.458 e. The molecule has 32 heavy (non-hydrogen) atoms. The summed E-state index contributed by atoms with van der Waals surface area (Å²) >= 11 is 0. The summed E-state index contributed by atoms with van der Waals surface area (Å²) in [5.41, 5.74) is 5.76. The van der Waals surface area contributed by atoms with E-state index >= 15 is 0 Å². The molecule has 7 heteroatoms. The van der Waals surface area contributed by atoms with E-state index in [9.17, 15) is 14.7 Å². The third-order valence-electron chi connectivity index (χ3n) is 7.23. The Morgan fingerprint density at radius 3 is 2.81 bits per heavy atom. The van der Waals surface area contributed by atoms with Crippen LogP contribution in [0.5, 0.6) is 0 Å². The molecule has 0 fully saturated rings. The molecule has 3 aliphatic rings. The van der Waals surface area contributed by atoms with E-state index in [1.807, 2.05) is 19.2 Å². The number of aromatic nitrogens is 2. The van der Waals surface area contributed by atoms with E-state index in [1.54, 1.807) is 17.6 Å². The fraction of sp³-hybridized carbons (Fsp3) is 0.360. The van der Waals surface area contributed by atoms with Crippen LogP contribution in [0.25, 0.3) is 22.3 Å². The van der Waals surface area contributed by atoms with Crippen LogP contribution in [0.4, 0.5) is 5.69 Å². The van der Waals surface area contributed by atoms with Gasteiger partial charge in [-0.1, -0.05) is 6.92 Å². The van der Waals surface area contributed by atoms with Crippen LogP contribution in [0.15, 0.2) is 23.0 Å². The van der Waals surface area contributed by atoms with Gasteiger partial charge in [-0.25, -0.2) is 14.8 Å². The van der Waals surface area contributed by atoms with E-state index in [0.29, 0.717) is 23.4 Å². The first-order valence-electron chi connectivity index (χ1n) is 11.2. The minimum Gasteiger partial charge on any atom is -0.458 e. The molecule has 1 aromatic carbocycles. The molecule has 4 heterocycles. The lowest BCUT2D eigenvalue weighted by Gasteiger charge is -2.31. The molecule has 3 aromatic rings. The number of cyclic esters (lactones) is 1. The van der Waals surface area contributed by atoms with Crippen LogP contribution in [0, 0.1) is 0 Å². The van der Waals surface area contributed by atoms with Crippen LogP contribution in [0.2, 0.25) is 0 Å². The summed E-state index contributed by atoms with van der Waals surface area (Å²) in [5.74, 6) is -0.700. The number of carbonyl (C=O) groups is 1. The number of benzene rings is 1. The Bertz CT molecular complexity index is 1440. The van der Waals surface area contributed by atoms with Gasteiger partial charge < -0.3 is 14.4 Å². The first-order chi connectivity index (χ1) is 15.5. The van der Waals surface area contributed by atoms with Gasteiger partial charge in [0.05, 0.1) is 29.0 Å². The lowest BCUT2D eigenvalue weighted by atomic mass is 9.85. The number of fused-ring (bicyclic) bond motifs is 5. The highest BCUT2D eigenvalue weighted by atomic mass is 16.6. The fourth-order valence-electron chi connectivity index (χ4n) is 5.61. The summed E-state index contributed by atoms with van der Waals surface area (Å²) in [7, 11) is 0. The van der Waals surface area contributed by atoms with Crippen molar-refractivity contribution in [2.45, 2.75) is 58.3 Å². The van der Waals surface area contributed by atoms with Crippen molar-refractivity contribution < 1.29 is 19.6 Å². The zero-order valence-corrected chi connectivity index (χ0v) is 18.1. The molecular weight excluding hydrogens is 406 g/mol. The van der Waals surface area contributed by atoms with Crippen LogP contribution < -0.4 is 10.6 Å². The maximum atomic E-state index is 13.4. The molecular formula is C25H24N3O4+. The molecule has 0 amide bonds. The second kappa shape index (κ2) is 6.59. The average molecular weight is 430 g/mol. The molecule has 0 bridgehead atoms. The molecule has 0 unspecified atom stereocenters. The van der Waals surface area contributed by atoms with E-state index in [-0.39, 0.29) is 18.6 Å². The standard InChI is InChI=1S/C25H23N3O4/c1-3-25(31)17-10-20-22-15(11-28(20)23(29)16(17)12-32-24(25)30)13-6-5-7-14-18(26-4-2)8-9-19(27-22)21(13)14/h4,8-10,31H,3,5-7,11-12H2,1-2H3/p+1/t25-/m0/s1. The van der Waals surface area contributed by atoms with Crippen molar-refractivity contribution >= 4 is 28.8 Å². The quantitative estimate of drug-likeness (QED) is 0.370. The highest BCUT2D eigenvalue weighted by molar-refractivity contribution is 5.94. The van der Waals surface area contributed by atoms with Gasteiger partial charge >= 0.3 is 5.97 Å². The Hall–Kier alpha value is -3.32. The highest BCUT2D eigenvalue weighted by Crippen LogP contribution is 2.42. The predicted octanol–water partition coefficient (Wildman–Crippen LogP) is 1.37. The number of rotatable bonds is 2. The fourth-order valence-corrected chi connectivity index (χ4v) is 5.61. The van der Waals surface area contributed by atoms with Crippen molar-refractivity contribution in [1.29, 1.82) is 0 Å². The predicted molar refractivity (Wildman–Crippen MR) is 119 cm³/mol. The lowest BCUT2D eigenvalue weighted by molar-refractivity contribution is -0.348. The SMILES string of the molecule is CC=[NH+]c1ccc2nc3c(c4c2c1CCC4)Cn1c-3cc2c(c1=O)COC(=O)[C@]2(O)CC. The summed E-state index contributed by atoms with van der Waals surface area (Å²) in [5, 5.41) is 12.2. The van der Waals surface area contributed by atoms with Crippen molar-refractivity contribution in [2.24, 2.45) is 0 Å². The number of nitrogens with one attached hydrogen (secondary N) is 1. The van der Waals surface area contributed by atoms with E-state index in [0.717, 1.165) is 41.7 Å². The molecule has 2 aromatic heterocycles. The van der Waals surface area contributed by atoms with Gasteiger partial charge in [0.2, 0.25) is 5.69 Å². The molecule has 1 aliphatic carbocycles. The van der Waals surface area contributed by atoms with Gasteiger partial charge in [0.15, 0.2) is 5.60 Å². The van der Waals surface area contributed by atoms with Gasteiger partial charge in [-0.2, -0.15) is 0 Å². The zero-order chi connectivity index (χ0) is 22.2. The molecule has 1 atom stereocenters. The molecule has 162 valence electrons. The lowest BCUT2D eigenvalue weighted by Crippen LogP contribution is -2.61. The van der Waals surface area contributed by atoms with Crippen molar-refractivity contribution in [1.82, 2.24) is 9.55 Å². The van der Waals surface area contributed by atoms with E-state index in [4.69, 9.17) is 9.72 Å². The number of carbonyl (C=O) groups excluding carboxylic acids is 1. The smallest absolute Gasteiger partial charge is 0.343 e. The molecule has 0 saturated heterocycles. The summed E-state index contributed by atoms with van der Waals surface area (Å²) in [6, 6.07) is 5.87. The zero-order valence-electron chi connectivity index (χ0n) is 18.1. The maximum Gasteiger partial charge on any atom is 0.343 e. The number of nitrogens with zero attached hydrogens (tertiary/aromatic N) is 2. The van der Waals surface area contributed by atoms with Gasteiger partial charge in [-0.3, -0.25) is 4.79 Å². The Labute approximate surface area is 184 Å². The Balaban J connectivity index is 1.65. The van der Waals surface area contributed by atoms with Gasteiger partial charge in [-0.05, 0) is 43.4 Å². The third kappa shape index (κ3) is 2.34. The number of aryl methyl sites for hydroxylation is 2. The molecule has 7 nitrogen and oxygen atoms in total. The van der Waals surface area contributed by atoms with Crippen molar-refractivity contribution in [3.05, 3.63) is 56.4 Å². The average Bonchev–Trinajstić information content (AvgIpc) is 3.18. The minimum absolute atomic E-state index is 0.110. The summed E-state index contributed by atoms with van der Waals surface area (Å²) in [4.78, 5) is 34.1. The van der Waals surface area contributed by atoms with Gasteiger partial charge in [0.25, 0.3) is 5.56 Å². The number of ether oxygens (including phenoxy) is 1. The second-order valence-corrected chi connectivity index (χ2v) is 8.79. The van der Waals surface area contributed by atoms with Gasteiger partial charge in [0, 0.05) is 35.1 Å². The Morgan fingerprint density at radius 2 is 2.03 bits per heavy atom. The van der Waals surface area contributed by atoms with Crippen LogP contribution in [0.3, 0.4) is 0 Å². The first kappa shape index (κ1) is 19.4. The van der Waals surface area contributed by atoms with Crippen molar-refractivity contribution in [2.75, 3.05) is 0 Å². The third-order valence-corrected chi connectivity index (χ3v) is 7.23. The highest BCUT2D eigenvalue weighted by Gasteiger charge is 2.45. The minimum atomic E-state index is -1.80. The van der Waals surface area contributed by atoms with Gasteiger partial charge in [0.1, 0.15) is 12.8 Å². The monoisotopic (exact) mass is 430 g/mol. The van der Waals surface area contributed by atoms with Crippen molar-refractivity contribution in [3.63, 3.8) is 0 Å². The van der Waals surface area contributed by atoms with Crippen LogP contribution in [-0.2, 0) is 41.1 Å². The van der Waals surface area contributed by atoms with Crippen LogP contribution in [0.1, 0.15) is 54.5 Å². The molecule has 0 spiro atoms. The number of pyridine rings is 2. The topological polar surface area (TPSA) is 95.4 Å². The molecule has 0 radical (unpaired) electrons. The van der Waals surface area contributed by atoms with E-state index in [1.165, 1.54) is 16.5 Å². The maximum absolute atomic E-state index is 13.4.